The Morgan fingerprint density at radius 3 is 2.83 bits per heavy atom. The Labute approximate surface area is 73.8 Å². The van der Waals surface area contributed by atoms with Gasteiger partial charge in [0.2, 0.25) is 0 Å². The zero-order chi connectivity index (χ0) is 8.97. The van der Waals surface area contributed by atoms with Gasteiger partial charge in [0.05, 0.1) is 6.20 Å². The summed E-state index contributed by atoms with van der Waals surface area (Å²) in [6.07, 6.45) is 4.27. The van der Waals surface area contributed by atoms with E-state index in [0.717, 1.165) is 13.0 Å². The molecule has 0 spiro atoms. The Kier molecular flexibility index (Phi) is 3.29. The van der Waals surface area contributed by atoms with Crippen LogP contribution in [0.2, 0.25) is 0 Å². The van der Waals surface area contributed by atoms with Gasteiger partial charge in [0.1, 0.15) is 0 Å². The molecule has 1 aromatic heterocycles. The van der Waals surface area contributed by atoms with Crippen molar-refractivity contribution < 1.29 is 0 Å². The van der Waals surface area contributed by atoms with E-state index in [4.69, 9.17) is 0 Å². The Morgan fingerprint density at radius 1 is 1.58 bits per heavy atom. The lowest BCUT2D eigenvalue weighted by molar-refractivity contribution is 0.714. The number of rotatable bonds is 4. The van der Waals surface area contributed by atoms with E-state index in [9.17, 15) is 0 Å². The highest BCUT2D eigenvalue weighted by atomic mass is 15.3. The van der Waals surface area contributed by atoms with E-state index in [1.807, 2.05) is 25.0 Å². The Hall–Kier alpha value is -0.830. The van der Waals surface area contributed by atoms with Gasteiger partial charge in [-0.05, 0) is 38.9 Å². The van der Waals surface area contributed by atoms with Gasteiger partial charge in [-0.25, -0.2) is 0 Å². The highest BCUT2D eigenvalue weighted by Gasteiger charge is 2.01. The SMILES string of the molecule is CNCCCc1cnn(C)c1C. The second kappa shape index (κ2) is 4.26. The van der Waals surface area contributed by atoms with Crippen molar-refractivity contribution in [2.24, 2.45) is 7.05 Å². The first-order valence-electron chi connectivity index (χ1n) is 4.37. The van der Waals surface area contributed by atoms with E-state index in [2.05, 4.69) is 17.3 Å². The largest absolute Gasteiger partial charge is 0.320 e. The predicted molar refractivity (Wildman–Crippen MR) is 50.2 cm³/mol. The molecule has 1 aromatic rings. The maximum absolute atomic E-state index is 4.19. The molecule has 1 N–H and O–H groups in total. The molecule has 0 aliphatic carbocycles. The molecule has 0 saturated heterocycles. The molecule has 3 heteroatoms. The van der Waals surface area contributed by atoms with Crippen LogP contribution in [0.15, 0.2) is 6.20 Å². The summed E-state index contributed by atoms with van der Waals surface area (Å²) >= 11 is 0. The van der Waals surface area contributed by atoms with Gasteiger partial charge in [0, 0.05) is 12.7 Å². The molecule has 12 heavy (non-hydrogen) atoms. The zero-order valence-corrected chi connectivity index (χ0v) is 8.09. The van der Waals surface area contributed by atoms with Gasteiger partial charge < -0.3 is 5.32 Å². The fourth-order valence-electron chi connectivity index (χ4n) is 1.25. The molecular formula is C9H17N3. The summed E-state index contributed by atoms with van der Waals surface area (Å²) in [4.78, 5) is 0. The van der Waals surface area contributed by atoms with Crippen molar-refractivity contribution in [2.75, 3.05) is 13.6 Å². The molecule has 0 aliphatic heterocycles. The summed E-state index contributed by atoms with van der Waals surface area (Å²) in [6, 6.07) is 0. The van der Waals surface area contributed by atoms with E-state index < -0.39 is 0 Å². The standard InChI is InChI=1S/C9H17N3/c1-8-9(5-4-6-10-2)7-11-12(8)3/h7,10H,4-6H2,1-3H3. The number of aryl methyl sites for hydroxylation is 2. The highest BCUT2D eigenvalue weighted by Crippen LogP contribution is 2.07. The number of hydrogen-bond acceptors (Lipinski definition) is 2. The quantitative estimate of drug-likeness (QED) is 0.675. The van der Waals surface area contributed by atoms with Crippen molar-refractivity contribution >= 4 is 0 Å². The van der Waals surface area contributed by atoms with Crippen molar-refractivity contribution in [3.8, 4) is 0 Å². The molecule has 0 radical (unpaired) electrons. The van der Waals surface area contributed by atoms with Gasteiger partial charge in [-0.2, -0.15) is 5.10 Å². The van der Waals surface area contributed by atoms with Crippen LogP contribution in [-0.2, 0) is 13.5 Å². The first kappa shape index (κ1) is 9.26. The summed E-state index contributed by atoms with van der Waals surface area (Å²) in [7, 11) is 3.97. The van der Waals surface area contributed by atoms with Crippen LogP contribution in [0.1, 0.15) is 17.7 Å². The topological polar surface area (TPSA) is 29.9 Å². The molecular weight excluding hydrogens is 150 g/mol. The van der Waals surface area contributed by atoms with E-state index in [-0.39, 0.29) is 0 Å². The van der Waals surface area contributed by atoms with Gasteiger partial charge >= 0.3 is 0 Å². The molecule has 1 heterocycles. The molecule has 0 bridgehead atoms. The van der Waals surface area contributed by atoms with Crippen LogP contribution in [0.4, 0.5) is 0 Å². The van der Waals surface area contributed by atoms with Gasteiger partial charge in [-0.15, -0.1) is 0 Å². The Bertz CT molecular complexity index is 240. The summed E-state index contributed by atoms with van der Waals surface area (Å²) in [5.74, 6) is 0. The maximum Gasteiger partial charge on any atom is 0.0524 e. The number of aromatic nitrogens is 2. The molecule has 0 unspecified atom stereocenters. The number of hydrogen-bond donors (Lipinski definition) is 1. The van der Waals surface area contributed by atoms with Crippen LogP contribution in [-0.4, -0.2) is 23.4 Å². The van der Waals surface area contributed by atoms with E-state index >= 15 is 0 Å². The Balaban J connectivity index is 2.46. The lowest BCUT2D eigenvalue weighted by atomic mass is 10.1. The third-order valence-corrected chi connectivity index (χ3v) is 2.21. The van der Waals surface area contributed by atoms with Crippen LogP contribution < -0.4 is 5.32 Å². The van der Waals surface area contributed by atoms with Crippen LogP contribution in [0, 0.1) is 6.92 Å². The van der Waals surface area contributed by atoms with Crippen LogP contribution in [0.5, 0.6) is 0 Å². The molecule has 0 amide bonds. The second-order valence-corrected chi connectivity index (χ2v) is 3.09. The minimum absolute atomic E-state index is 1.08. The molecule has 1 rings (SSSR count). The first-order chi connectivity index (χ1) is 5.75. The average Bonchev–Trinajstić information content (AvgIpc) is 2.36. The van der Waals surface area contributed by atoms with Gasteiger partial charge in [0.15, 0.2) is 0 Å². The van der Waals surface area contributed by atoms with Crippen molar-refractivity contribution in [3.63, 3.8) is 0 Å². The third-order valence-electron chi connectivity index (χ3n) is 2.21. The van der Waals surface area contributed by atoms with Crippen LogP contribution >= 0.6 is 0 Å². The number of nitrogens with one attached hydrogen (secondary N) is 1. The molecule has 0 aliphatic rings. The zero-order valence-electron chi connectivity index (χ0n) is 8.09. The van der Waals surface area contributed by atoms with Crippen molar-refractivity contribution in [1.29, 1.82) is 0 Å². The summed E-state index contributed by atoms with van der Waals surface area (Å²) in [5.41, 5.74) is 2.65. The number of nitrogens with zero attached hydrogens (tertiary/aromatic N) is 2. The molecule has 3 nitrogen and oxygen atoms in total. The molecule has 0 saturated carbocycles. The highest BCUT2D eigenvalue weighted by molar-refractivity contribution is 5.15. The lowest BCUT2D eigenvalue weighted by Crippen LogP contribution is -2.08. The Morgan fingerprint density at radius 2 is 2.33 bits per heavy atom. The smallest absolute Gasteiger partial charge is 0.0524 e. The fraction of sp³-hybridized carbons (Fsp3) is 0.667. The van der Waals surface area contributed by atoms with Gasteiger partial charge in [-0.3, -0.25) is 4.68 Å². The van der Waals surface area contributed by atoms with Crippen LogP contribution in [0.3, 0.4) is 0 Å². The molecule has 0 atom stereocenters. The van der Waals surface area contributed by atoms with Crippen molar-refractivity contribution in [1.82, 2.24) is 15.1 Å². The third kappa shape index (κ3) is 2.08. The summed E-state index contributed by atoms with van der Waals surface area (Å²) < 4.78 is 1.93. The lowest BCUT2D eigenvalue weighted by Gasteiger charge is -1.99. The first-order valence-corrected chi connectivity index (χ1v) is 4.37. The molecule has 0 aromatic carbocycles. The van der Waals surface area contributed by atoms with Gasteiger partial charge in [0.25, 0.3) is 0 Å². The van der Waals surface area contributed by atoms with Crippen molar-refractivity contribution in [3.05, 3.63) is 17.5 Å². The van der Waals surface area contributed by atoms with Crippen LogP contribution in [0.25, 0.3) is 0 Å². The predicted octanol–water partition coefficient (Wildman–Crippen LogP) is 0.881. The molecule has 0 fully saturated rings. The van der Waals surface area contributed by atoms with E-state index in [0.29, 0.717) is 0 Å². The minimum Gasteiger partial charge on any atom is -0.320 e. The van der Waals surface area contributed by atoms with Crippen molar-refractivity contribution in [2.45, 2.75) is 19.8 Å². The fourth-order valence-corrected chi connectivity index (χ4v) is 1.25. The van der Waals surface area contributed by atoms with E-state index in [1.54, 1.807) is 0 Å². The summed E-state index contributed by atoms with van der Waals surface area (Å²) in [6.45, 7) is 3.19. The average molecular weight is 167 g/mol. The minimum atomic E-state index is 1.08. The van der Waals surface area contributed by atoms with E-state index in [1.165, 1.54) is 17.7 Å². The second-order valence-electron chi connectivity index (χ2n) is 3.09. The summed E-state index contributed by atoms with van der Waals surface area (Å²) in [5, 5.41) is 7.33. The van der Waals surface area contributed by atoms with Gasteiger partial charge in [-0.1, -0.05) is 0 Å². The monoisotopic (exact) mass is 167 g/mol. The maximum atomic E-state index is 4.19. The normalized spacial score (nSPS) is 10.6. The molecule has 68 valence electrons.